The van der Waals surface area contributed by atoms with Gasteiger partial charge in [0.15, 0.2) is 0 Å². The third kappa shape index (κ3) is 8.74. The Kier molecular flexibility index (Phi) is 11.0. The largest absolute Gasteiger partial charge is 0.444 e. The number of rotatable bonds is 7. The van der Waals surface area contributed by atoms with Gasteiger partial charge in [-0.2, -0.15) is 0 Å². The van der Waals surface area contributed by atoms with Gasteiger partial charge in [-0.15, -0.1) is 0 Å². The molecule has 2 saturated carbocycles. The lowest BCUT2D eigenvalue weighted by molar-refractivity contribution is -0.143. The highest BCUT2D eigenvalue weighted by Crippen LogP contribution is 2.46. The average Bonchev–Trinajstić information content (AvgIpc) is 3.96. The topological polar surface area (TPSA) is 181 Å². The number of nitrogens with zero attached hydrogens (tertiary/aromatic N) is 2. The summed E-state index contributed by atoms with van der Waals surface area (Å²) in [6.07, 6.45) is 6.41. The smallest absolute Gasteiger partial charge is 0.410 e. The molecule has 5 aliphatic rings. The molecule has 5 atom stereocenters. The van der Waals surface area contributed by atoms with Crippen molar-refractivity contribution < 1.29 is 41.9 Å². The van der Waals surface area contributed by atoms with Crippen molar-refractivity contribution in [1.29, 1.82) is 0 Å². The molecule has 52 heavy (non-hydrogen) atoms. The van der Waals surface area contributed by atoms with Crippen LogP contribution in [-0.2, 0) is 51.8 Å². The van der Waals surface area contributed by atoms with E-state index in [1.807, 2.05) is 45.1 Å². The fraction of sp³-hybridized carbons (Fsp3) is 0.639. The summed E-state index contributed by atoms with van der Waals surface area (Å²) < 4.78 is 39.3. The molecule has 16 heteroatoms. The Morgan fingerprint density at radius 1 is 1.08 bits per heavy atom. The van der Waals surface area contributed by atoms with Gasteiger partial charge in [-0.1, -0.05) is 48.7 Å². The fourth-order valence-electron chi connectivity index (χ4n) is 7.09. The van der Waals surface area contributed by atoms with E-state index in [1.54, 1.807) is 6.07 Å². The highest BCUT2D eigenvalue weighted by atomic mass is 35.5. The second kappa shape index (κ2) is 15.0. The molecule has 0 bridgehead atoms. The lowest BCUT2D eigenvalue weighted by Gasteiger charge is -2.30. The predicted molar refractivity (Wildman–Crippen MR) is 190 cm³/mol. The van der Waals surface area contributed by atoms with E-state index in [4.69, 9.17) is 21.1 Å². The molecule has 0 radical (unpaired) electrons. The van der Waals surface area contributed by atoms with Crippen LogP contribution in [0, 0.1) is 5.92 Å². The maximum absolute atomic E-state index is 14.3. The first-order chi connectivity index (χ1) is 24.6. The molecule has 14 nitrogen and oxygen atoms in total. The van der Waals surface area contributed by atoms with Crippen LogP contribution in [-0.4, -0.2) is 95.7 Å². The van der Waals surface area contributed by atoms with Gasteiger partial charge in [0.2, 0.25) is 27.7 Å². The summed E-state index contributed by atoms with van der Waals surface area (Å²) in [6, 6.07) is 3.27. The third-order valence-electron chi connectivity index (χ3n) is 10.3. The number of benzene rings is 1. The van der Waals surface area contributed by atoms with Gasteiger partial charge in [-0.3, -0.25) is 28.8 Å². The van der Waals surface area contributed by atoms with E-state index in [-0.39, 0.29) is 39.1 Å². The van der Waals surface area contributed by atoms with Gasteiger partial charge in [-0.05, 0) is 76.5 Å². The molecule has 6 rings (SSSR count). The Balaban J connectivity index is 1.24. The quantitative estimate of drug-likeness (QED) is 0.352. The van der Waals surface area contributed by atoms with Crippen molar-refractivity contribution in [3.05, 3.63) is 46.5 Å². The van der Waals surface area contributed by atoms with E-state index in [2.05, 4.69) is 15.4 Å². The lowest BCUT2D eigenvalue weighted by atomic mass is 10.0. The summed E-state index contributed by atoms with van der Waals surface area (Å²) in [5, 5.41) is 5.52. The average molecular weight is 762 g/mol. The summed E-state index contributed by atoms with van der Waals surface area (Å²) in [6.45, 7) is 5.57. The summed E-state index contributed by atoms with van der Waals surface area (Å²) in [7, 11) is -3.90. The van der Waals surface area contributed by atoms with Crippen LogP contribution >= 0.6 is 11.6 Å². The zero-order chi connectivity index (χ0) is 37.4. The number of fused-ring (bicyclic) bond motifs is 3. The van der Waals surface area contributed by atoms with E-state index in [1.165, 1.54) is 9.80 Å². The number of ether oxygens (including phenoxy) is 2. The number of amides is 5. The van der Waals surface area contributed by atoms with Crippen LogP contribution in [0.2, 0.25) is 5.02 Å². The highest BCUT2D eigenvalue weighted by Gasteiger charge is 2.62. The van der Waals surface area contributed by atoms with E-state index >= 15 is 0 Å². The van der Waals surface area contributed by atoms with Crippen LogP contribution in [0.3, 0.4) is 0 Å². The number of nitrogens with one attached hydrogen (secondary N) is 3. The maximum Gasteiger partial charge on any atom is 0.410 e. The Morgan fingerprint density at radius 3 is 2.56 bits per heavy atom. The molecular weight excluding hydrogens is 714 g/mol. The lowest BCUT2D eigenvalue weighted by Crippen LogP contribution is -2.58. The fourth-order valence-corrected chi connectivity index (χ4v) is 8.71. The van der Waals surface area contributed by atoms with Crippen molar-refractivity contribution in [2.24, 2.45) is 5.92 Å². The minimum Gasteiger partial charge on any atom is -0.444 e. The minimum atomic E-state index is -3.90. The predicted octanol–water partition coefficient (Wildman–Crippen LogP) is 3.07. The van der Waals surface area contributed by atoms with Gasteiger partial charge in [0.05, 0.1) is 23.9 Å². The van der Waals surface area contributed by atoms with Gasteiger partial charge in [-0.25, -0.2) is 13.2 Å². The van der Waals surface area contributed by atoms with E-state index in [9.17, 15) is 32.4 Å². The number of carbonyl (C=O) groups is 5. The summed E-state index contributed by atoms with van der Waals surface area (Å²) in [4.78, 5) is 71.4. The monoisotopic (exact) mass is 761 g/mol. The molecule has 1 aromatic carbocycles. The SMILES string of the molecule is CC(C)(C)OCC(=O)N[C@H]1CCCCCC=C[C@@H]2C[C@@]2(C(=O)NS(=O)(=O)C2CC2)NC(=O)[C@@H]2C[C@@H](OC(=O)N3Cc4cccc(Cl)c4C3)CN2C1=O. The molecule has 3 heterocycles. The zero-order valence-electron chi connectivity index (χ0n) is 29.8. The van der Waals surface area contributed by atoms with Crippen molar-refractivity contribution in [2.45, 2.75) is 126 Å². The first kappa shape index (κ1) is 38.0. The molecule has 3 fully saturated rings. The number of sulfonamides is 1. The highest BCUT2D eigenvalue weighted by molar-refractivity contribution is 7.91. The number of hydrogen-bond donors (Lipinski definition) is 3. The minimum absolute atomic E-state index is 0.0722. The number of allylic oxidation sites excluding steroid dienone is 1. The maximum atomic E-state index is 14.3. The normalized spacial score (nSPS) is 28.1. The molecule has 3 N–H and O–H groups in total. The van der Waals surface area contributed by atoms with E-state index < -0.39 is 80.2 Å². The van der Waals surface area contributed by atoms with Gasteiger partial charge in [0.25, 0.3) is 5.91 Å². The first-order valence-corrected chi connectivity index (χ1v) is 20.0. The molecule has 3 aliphatic heterocycles. The second-order valence-corrected chi connectivity index (χ2v) is 17.9. The Morgan fingerprint density at radius 2 is 1.85 bits per heavy atom. The summed E-state index contributed by atoms with van der Waals surface area (Å²) >= 11 is 6.36. The first-order valence-electron chi connectivity index (χ1n) is 18.1. The molecule has 0 unspecified atom stereocenters. The van der Waals surface area contributed by atoms with Crippen LogP contribution in [0.1, 0.15) is 89.7 Å². The molecule has 284 valence electrons. The number of hydrogen-bond acceptors (Lipinski definition) is 9. The van der Waals surface area contributed by atoms with Gasteiger partial charge >= 0.3 is 6.09 Å². The molecule has 2 aliphatic carbocycles. The molecule has 5 amide bonds. The van der Waals surface area contributed by atoms with Crippen LogP contribution in [0.25, 0.3) is 0 Å². The van der Waals surface area contributed by atoms with Crippen LogP contribution in [0.15, 0.2) is 30.4 Å². The molecule has 0 spiro atoms. The van der Waals surface area contributed by atoms with E-state index in [0.717, 1.165) is 24.0 Å². The van der Waals surface area contributed by atoms with Crippen molar-refractivity contribution >= 4 is 51.3 Å². The standard InChI is InChI=1S/C36H48ClN5O9S/c1-35(2,3)50-21-30(43)38-28-13-8-6-4-5-7-11-23-17-36(23,33(46)40-52(48,49)25-14-15-25)39-31(44)29-16-24(19-42(29)32(28)45)51-34(47)41-18-22-10-9-12-27(37)26(22)20-41/h7,9-12,23-25,28-29H,4-6,8,13-21H2,1-3H3,(H,38,43)(H,39,44)(H,40,46)/t23-,24-,28+,29+,36-/m1/s1. The van der Waals surface area contributed by atoms with Gasteiger partial charge in [0, 0.05) is 23.9 Å². The number of halogens is 1. The van der Waals surface area contributed by atoms with Crippen molar-refractivity contribution in [2.75, 3.05) is 13.2 Å². The molecular formula is C36H48ClN5O9S. The zero-order valence-corrected chi connectivity index (χ0v) is 31.4. The summed E-state index contributed by atoms with van der Waals surface area (Å²) in [5.74, 6) is -2.97. The third-order valence-corrected chi connectivity index (χ3v) is 12.4. The van der Waals surface area contributed by atoms with Gasteiger partial charge in [0.1, 0.15) is 30.3 Å². The molecule has 1 saturated heterocycles. The van der Waals surface area contributed by atoms with E-state index in [0.29, 0.717) is 37.1 Å². The molecule has 0 aromatic heterocycles. The van der Waals surface area contributed by atoms with Gasteiger partial charge < -0.3 is 25.0 Å². The number of carbonyl (C=O) groups excluding carboxylic acids is 5. The van der Waals surface area contributed by atoms with Crippen LogP contribution < -0.4 is 15.4 Å². The van der Waals surface area contributed by atoms with Crippen molar-refractivity contribution in [3.63, 3.8) is 0 Å². The van der Waals surface area contributed by atoms with Crippen LogP contribution in [0.4, 0.5) is 4.79 Å². The Labute approximate surface area is 309 Å². The van der Waals surface area contributed by atoms with Crippen molar-refractivity contribution in [1.82, 2.24) is 25.2 Å². The van der Waals surface area contributed by atoms with Crippen LogP contribution in [0.5, 0.6) is 0 Å². The summed E-state index contributed by atoms with van der Waals surface area (Å²) in [5.41, 5.74) is -0.400. The second-order valence-electron chi connectivity index (χ2n) is 15.5. The Hall–Kier alpha value is -3.69. The molecule has 1 aromatic rings. The van der Waals surface area contributed by atoms with Crippen molar-refractivity contribution in [3.8, 4) is 0 Å². The Bertz CT molecular complexity index is 1740.